The standard InChI is InChI=1S/C22H32N4O6/c1-13(2)18(20(29)24-16(12-27)22(31)32)25-19(28)17-9-6-10-26(17)21(30)15(23)11-14-7-4-3-5-8-14/h3-5,7-8,13,15-18,27H,6,9-12,23H2,1-2H3,(H,24,29)(H,25,28)(H,31,32). The normalized spacial score (nSPS) is 18.7. The van der Waals surface area contributed by atoms with Crippen molar-refractivity contribution in [3.8, 4) is 0 Å². The lowest BCUT2D eigenvalue weighted by Gasteiger charge is -2.29. The topological polar surface area (TPSA) is 162 Å². The fraction of sp³-hybridized carbons (Fsp3) is 0.545. The molecule has 0 radical (unpaired) electrons. The van der Waals surface area contributed by atoms with Crippen LogP contribution in [0.3, 0.4) is 0 Å². The average molecular weight is 449 g/mol. The van der Waals surface area contributed by atoms with E-state index in [0.29, 0.717) is 25.8 Å². The van der Waals surface area contributed by atoms with Crippen LogP contribution in [0.25, 0.3) is 0 Å². The lowest BCUT2D eigenvalue weighted by molar-refractivity contribution is -0.144. The lowest BCUT2D eigenvalue weighted by atomic mass is 10.0. The predicted molar refractivity (Wildman–Crippen MR) is 116 cm³/mol. The van der Waals surface area contributed by atoms with Crippen molar-refractivity contribution in [2.75, 3.05) is 13.2 Å². The molecular formula is C22H32N4O6. The van der Waals surface area contributed by atoms with Crippen molar-refractivity contribution in [2.24, 2.45) is 11.7 Å². The summed E-state index contributed by atoms with van der Waals surface area (Å²) in [5.74, 6) is -3.27. The van der Waals surface area contributed by atoms with Crippen LogP contribution >= 0.6 is 0 Å². The molecule has 1 saturated heterocycles. The molecule has 32 heavy (non-hydrogen) atoms. The molecule has 0 aromatic heterocycles. The van der Waals surface area contributed by atoms with E-state index >= 15 is 0 Å². The second kappa shape index (κ2) is 11.6. The van der Waals surface area contributed by atoms with Gasteiger partial charge in [-0.05, 0) is 30.7 Å². The number of carboxylic acid groups (broad SMARTS) is 1. The van der Waals surface area contributed by atoms with Gasteiger partial charge in [-0.3, -0.25) is 14.4 Å². The zero-order valence-corrected chi connectivity index (χ0v) is 18.4. The van der Waals surface area contributed by atoms with Crippen LogP contribution in [0.4, 0.5) is 0 Å². The molecule has 4 unspecified atom stereocenters. The third-order valence-electron chi connectivity index (χ3n) is 5.50. The number of nitrogens with one attached hydrogen (secondary N) is 2. The number of hydrogen-bond donors (Lipinski definition) is 5. The Balaban J connectivity index is 2.05. The SMILES string of the molecule is CC(C)C(NC(=O)C1CCCN1C(=O)C(N)Cc1ccccc1)C(=O)NC(CO)C(=O)O. The van der Waals surface area contributed by atoms with Gasteiger partial charge in [0.2, 0.25) is 17.7 Å². The van der Waals surface area contributed by atoms with Gasteiger partial charge >= 0.3 is 5.97 Å². The van der Waals surface area contributed by atoms with Crippen LogP contribution in [0.1, 0.15) is 32.3 Å². The monoisotopic (exact) mass is 448 g/mol. The number of aliphatic hydroxyl groups is 1. The molecule has 0 aliphatic carbocycles. The summed E-state index contributed by atoms with van der Waals surface area (Å²) in [5.41, 5.74) is 7.04. The summed E-state index contributed by atoms with van der Waals surface area (Å²) < 4.78 is 0. The minimum atomic E-state index is -1.47. The van der Waals surface area contributed by atoms with Crippen molar-refractivity contribution in [3.63, 3.8) is 0 Å². The Kier molecular flexibility index (Phi) is 9.15. The van der Waals surface area contributed by atoms with Gasteiger partial charge < -0.3 is 31.5 Å². The number of carboxylic acids is 1. The van der Waals surface area contributed by atoms with Gasteiger partial charge in [-0.15, -0.1) is 0 Å². The van der Waals surface area contributed by atoms with Crippen molar-refractivity contribution in [1.29, 1.82) is 0 Å². The lowest BCUT2D eigenvalue weighted by Crippen LogP contribution is -2.58. The highest BCUT2D eigenvalue weighted by Crippen LogP contribution is 2.20. The fourth-order valence-electron chi connectivity index (χ4n) is 3.70. The molecule has 0 bridgehead atoms. The number of carbonyl (C=O) groups is 4. The maximum Gasteiger partial charge on any atom is 0.328 e. The summed E-state index contributed by atoms with van der Waals surface area (Å²) in [4.78, 5) is 51.0. The highest BCUT2D eigenvalue weighted by Gasteiger charge is 2.38. The molecule has 1 heterocycles. The number of aliphatic carboxylic acids is 1. The van der Waals surface area contributed by atoms with E-state index in [1.807, 2.05) is 30.3 Å². The second-order valence-corrected chi connectivity index (χ2v) is 8.30. The first-order chi connectivity index (χ1) is 15.1. The summed E-state index contributed by atoms with van der Waals surface area (Å²) in [7, 11) is 0. The Labute approximate surface area is 187 Å². The van der Waals surface area contributed by atoms with Crippen LogP contribution < -0.4 is 16.4 Å². The third-order valence-corrected chi connectivity index (χ3v) is 5.50. The Morgan fingerprint density at radius 3 is 2.38 bits per heavy atom. The van der Waals surface area contributed by atoms with E-state index in [4.69, 9.17) is 15.9 Å². The van der Waals surface area contributed by atoms with Crippen molar-refractivity contribution in [3.05, 3.63) is 35.9 Å². The number of nitrogens with two attached hydrogens (primary N) is 1. The van der Waals surface area contributed by atoms with E-state index in [9.17, 15) is 19.2 Å². The molecule has 176 valence electrons. The van der Waals surface area contributed by atoms with Gasteiger partial charge in [0.05, 0.1) is 12.6 Å². The van der Waals surface area contributed by atoms with E-state index in [1.165, 1.54) is 4.90 Å². The Morgan fingerprint density at radius 1 is 1.16 bits per heavy atom. The summed E-state index contributed by atoms with van der Waals surface area (Å²) >= 11 is 0. The molecule has 4 atom stereocenters. The number of aliphatic hydroxyl groups excluding tert-OH is 1. The van der Waals surface area contributed by atoms with Gasteiger partial charge in [-0.25, -0.2) is 4.79 Å². The van der Waals surface area contributed by atoms with Crippen molar-refractivity contribution < 1.29 is 29.4 Å². The largest absolute Gasteiger partial charge is 0.480 e. The van der Waals surface area contributed by atoms with Gasteiger partial charge in [0.15, 0.2) is 0 Å². The molecule has 0 spiro atoms. The smallest absolute Gasteiger partial charge is 0.328 e. The summed E-state index contributed by atoms with van der Waals surface area (Å²) in [5, 5.41) is 23.0. The summed E-state index contributed by atoms with van der Waals surface area (Å²) in [6.45, 7) is 3.02. The first-order valence-corrected chi connectivity index (χ1v) is 10.7. The highest BCUT2D eigenvalue weighted by molar-refractivity contribution is 5.94. The molecule has 1 aromatic rings. The van der Waals surface area contributed by atoms with E-state index in [1.54, 1.807) is 13.8 Å². The van der Waals surface area contributed by atoms with Crippen LogP contribution in [0.15, 0.2) is 30.3 Å². The van der Waals surface area contributed by atoms with Gasteiger partial charge in [0.1, 0.15) is 18.1 Å². The molecule has 1 aliphatic rings. The molecule has 2 rings (SSSR count). The van der Waals surface area contributed by atoms with Crippen LogP contribution in [0.2, 0.25) is 0 Å². The minimum Gasteiger partial charge on any atom is -0.480 e. The van der Waals surface area contributed by atoms with E-state index in [0.717, 1.165) is 5.56 Å². The van der Waals surface area contributed by atoms with Crippen LogP contribution in [-0.2, 0) is 25.6 Å². The highest BCUT2D eigenvalue weighted by atomic mass is 16.4. The molecule has 3 amide bonds. The van der Waals surface area contributed by atoms with Crippen molar-refractivity contribution >= 4 is 23.7 Å². The number of rotatable bonds is 10. The van der Waals surface area contributed by atoms with Crippen molar-refractivity contribution in [2.45, 2.75) is 57.3 Å². The molecule has 6 N–H and O–H groups in total. The van der Waals surface area contributed by atoms with Gasteiger partial charge in [-0.2, -0.15) is 0 Å². The zero-order valence-electron chi connectivity index (χ0n) is 18.4. The zero-order chi connectivity index (χ0) is 23.8. The Hall–Kier alpha value is -2.98. The molecule has 0 saturated carbocycles. The maximum absolute atomic E-state index is 13.0. The minimum absolute atomic E-state index is 0.330. The predicted octanol–water partition coefficient (Wildman–Crippen LogP) is -0.750. The number of amides is 3. The quantitative estimate of drug-likeness (QED) is 0.314. The molecular weight excluding hydrogens is 416 g/mol. The van der Waals surface area contributed by atoms with Gasteiger partial charge in [0.25, 0.3) is 0 Å². The Morgan fingerprint density at radius 2 is 1.81 bits per heavy atom. The molecule has 1 fully saturated rings. The maximum atomic E-state index is 13.0. The van der Waals surface area contributed by atoms with Gasteiger partial charge in [0, 0.05) is 6.54 Å². The third kappa shape index (κ3) is 6.51. The molecule has 10 nitrogen and oxygen atoms in total. The van der Waals surface area contributed by atoms with Crippen LogP contribution in [0.5, 0.6) is 0 Å². The van der Waals surface area contributed by atoms with E-state index < -0.39 is 48.6 Å². The number of nitrogens with zero attached hydrogens (tertiary/aromatic N) is 1. The number of hydrogen-bond acceptors (Lipinski definition) is 6. The summed E-state index contributed by atoms with van der Waals surface area (Å²) in [6.07, 6.45) is 1.42. The number of carbonyl (C=O) groups excluding carboxylic acids is 3. The number of likely N-dealkylation sites (tertiary alicyclic amines) is 1. The van der Waals surface area contributed by atoms with Crippen LogP contribution in [-0.4, -0.2) is 76.1 Å². The molecule has 10 heteroatoms. The molecule has 1 aliphatic heterocycles. The van der Waals surface area contributed by atoms with E-state index in [-0.39, 0.29) is 11.8 Å². The van der Waals surface area contributed by atoms with Crippen LogP contribution in [0, 0.1) is 5.92 Å². The fourth-order valence-corrected chi connectivity index (χ4v) is 3.70. The number of benzene rings is 1. The van der Waals surface area contributed by atoms with E-state index in [2.05, 4.69) is 10.6 Å². The van der Waals surface area contributed by atoms with Crippen molar-refractivity contribution in [1.82, 2.24) is 15.5 Å². The molecule has 1 aromatic carbocycles. The Bertz CT molecular complexity index is 816. The van der Waals surface area contributed by atoms with Gasteiger partial charge in [-0.1, -0.05) is 44.2 Å². The summed E-state index contributed by atoms with van der Waals surface area (Å²) in [6, 6.07) is 5.31. The second-order valence-electron chi connectivity index (χ2n) is 8.30. The first-order valence-electron chi connectivity index (χ1n) is 10.7. The average Bonchev–Trinajstić information content (AvgIpc) is 3.25. The first kappa shape index (κ1) is 25.3.